The molecule has 5 rings (SSSR count). The predicted octanol–water partition coefficient (Wildman–Crippen LogP) is 3.30. The Labute approximate surface area is 204 Å². The second kappa shape index (κ2) is 9.00. The van der Waals surface area contributed by atoms with Gasteiger partial charge in [0, 0.05) is 19.1 Å². The van der Waals surface area contributed by atoms with Gasteiger partial charge in [-0.05, 0) is 54.4 Å². The molecule has 3 N–H and O–H groups in total. The van der Waals surface area contributed by atoms with E-state index in [9.17, 15) is 19.5 Å². The lowest BCUT2D eigenvalue weighted by atomic mass is 9.98. The van der Waals surface area contributed by atoms with Crippen molar-refractivity contribution in [3.05, 3.63) is 59.7 Å². The maximum Gasteiger partial charge on any atom is 0.407 e. The van der Waals surface area contributed by atoms with Gasteiger partial charge in [0.25, 0.3) is 0 Å². The number of benzene rings is 2. The molecule has 0 aromatic heterocycles. The monoisotopic (exact) mass is 478 g/mol. The molecule has 2 saturated carbocycles. The number of alkyl carbamates (subject to hydrolysis) is 1. The number of fused-ring (bicyclic) bond motifs is 4. The van der Waals surface area contributed by atoms with Gasteiger partial charge < -0.3 is 25.2 Å². The summed E-state index contributed by atoms with van der Waals surface area (Å²) in [5.74, 6) is -1.17. The summed E-state index contributed by atoms with van der Waals surface area (Å²) in [4.78, 5) is 37.3. The standard InChI is InChI=1S/C27H30N2O6/c1-15(34-2)23(24(30)28-17-11-16-12-27(16,13-17)25(31)32)29-26(33)35-14-22-20-9-5-3-7-18(20)19-8-4-6-10-21(19)22/h3-10,15-17,22-23H,11-14H2,1-2H3,(H,28,30)(H,29,33)(H,31,32)/t15-,16?,17?,23+,27?/m1/s1. The smallest absolute Gasteiger partial charge is 0.407 e. The lowest BCUT2D eigenvalue weighted by Crippen LogP contribution is -2.55. The quantitative estimate of drug-likeness (QED) is 0.537. The van der Waals surface area contributed by atoms with Gasteiger partial charge in [-0.25, -0.2) is 4.79 Å². The van der Waals surface area contributed by atoms with Crippen LogP contribution in [0.2, 0.25) is 0 Å². The minimum absolute atomic E-state index is 0.0855. The van der Waals surface area contributed by atoms with E-state index in [-0.39, 0.29) is 24.5 Å². The first-order chi connectivity index (χ1) is 16.8. The summed E-state index contributed by atoms with van der Waals surface area (Å²) in [6.45, 7) is 1.83. The number of rotatable bonds is 8. The summed E-state index contributed by atoms with van der Waals surface area (Å²) in [7, 11) is 1.47. The number of carboxylic acids is 1. The molecule has 0 bridgehead atoms. The Bertz CT molecular complexity index is 1120. The summed E-state index contributed by atoms with van der Waals surface area (Å²) in [6, 6.07) is 15.0. The normalized spacial score (nSPS) is 25.5. The highest BCUT2D eigenvalue weighted by Crippen LogP contribution is 2.63. The molecule has 2 amide bonds. The van der Waals surface area contributed by atoms with Crippen molar-refractivity contribution in [3.63, 3.8) is 0 Å². The minimum Gasteiger partial charge on any atom is -0.481 e. The third kappa shape index (κ3) is 4.16. The summed E-state index contributed by atoms with van der Waals surface area (Å²) >= 11 is 0. The molecular formula is C27H30N2O6. The van der Waals surface area contributed by atoms with Gasteiger partial charge in [0.2, 0.25) is 5.91 Å². The van der Waals surface area contributed by atoms with E-state index in [2.05, 4.69) is 22.8 Å². The van der Waals surface area contributed by atoms with E-state index in [1.807, 2.05) is 36.4 Å². The molecule has 8 nitrogen and oxygen atoms in total. The fraction of sp³-hybridized carbons (Fsp3) is 0.444. The van der Waals surface area contributed by atoms with E-state index < -0.39 is 35.5 Å². The van der Waals surface area contributed by atoms with E-state index in [0.717, 1.165) is 22.3 Å². The Balaban J connectivity index is 1.21. The summed E-state index contributed by atoms with van der Waals surface area (Å²) in [6.07, 6.45) is 0.423. The maximum absolute atomic E-state index is 13.0. The van der Waals surface area contributed by atoms with Crippen molar-refractivity contribution in [3.8, 4) is 11.1 Å². The van der Waals surface area contributed by atoms with Gasteiger partial charge in [-0.2, -0.15) is 0 Å². The van der Waals surface area contributed by atoms with E-state index in [0.29, 0.717) is 19.3 Å². The van der Waals surface area contributed by atoms with Crippen LogP contribution < -0.4 is 10.6 Å². The first-order valence-electron chi connectivity index (χ1n) is 12.0. The Morgan fingerprint density at radius 2 is 1.69 bits per heavy atom. The zero-order valence-electron chi connectivity index (χ0n) is 19.8. The molecule has 0 saturated heterocycles. The Hall–Kier alpha value is -3.39. The number of aliphatic carboxylic acids is 1. The molecule has 0 aliphatic heterocycles. The number of nitrogens with one attached hydrogen (secondary N) is 2. The molecule has 8 heteroatoms. The molecule has 3 aliphatic rings. The van der Waals surface area contributed by atoms with Crippen molar-refractivity contribution in [2.24, 2.45) is 11.3 Å². The molecule has 184 valence electrons. The number of hydrogen-bond acceptors (Lipinski definition) is 5. The maximum atomic E-state index is 13.0. The second-order valence-corrected chi connectivity index (χ2v) is 9.90. The molecule has 3 unspecified atom stereocenters. The Morgan fingerprint density at radius 3 is 2.26 bits per heavy atom. The SMILES string of the molecule is CO[C@H](C)[C@H](NC(=O)OCC1c2ccccc2-c2ccccc21)C(=O)NC1CC2CC2(C(=O)O)C1. The molecule has 2 aromatic carbocycles. The number of hydrogen-bond donors (Lipinski definition) is 3. The third-order valence-corrected chi connectivity index (χ3v) is 7.92. The van der Waals surface area contributed by atoms with Crippen LogP contribution in [0.3, 0.4) is 0 Å². The van der Waals surface area contributed by atoms with Crippen molar-refractivity contribution >= 4 is 18.0 Å². The molecule has 3 aliphatic carbocycles. The summed E-state index contributed by atoms with van der Waals surface area (Å²) in [5, 5.41) is 15.0. The van der Waals surface area contributed by atoms with Crippen LogP contribution in [0.15, 0.2) is 48.5 Å². The molecule has 0 spiro atoms. The molecule has 0 heterocycles. The van der Waals surface area contributed by atoms with E-state index >= 15 is 0 Å². The van der Waals surface area contributed by atoms with Crippen LogP contribution in [0.4, 0.5) is 4.79 Å². The van der Waals surface area contributed by atoms with Crippen molar-refractivity contribution in [2.75, 3.05) is 13.7 Å². The van der Waals surface area contributed by atoms with Gasteiger partial charge in [-0.3, -0.25) is 9.59 Å². The number of amides is 2. The van der Waals surface area contributed by atoms with Crippen LogP contribution in [0.1, 0.15) is 43.2 Å². The highest BCUT2D eigenvalue weighted by Gasteiger charge is 2.65. The van der Waals surface area contributed by atoms with Crippen LogP contribution in [-0.4, -0.2) is 55.0 Å². The average molecular weight is 479 g/mol. The van der Waals surface area contributed by atoms with Gasteiger partial charge in [0.15, 0.2) is 0 Å². The predicted molar refractivity (Wildman–Crippen MR) is 128 cm³/mol. The number of carboxylic acid groups (broad SMARTS) is 1. The van der Waals surface area contributed by atoms with Crippen LogP contribution in [-0.2, 0) is 19.1 Å². The lowest BCUT2D eigenvalue weighted by Gasteiger charge is -2.26. The summed E-state index contributed by atoms with van der Waals surface area (Å²) in [5.41, 5.74) is 3.79. The number of carbonyl (C=O) groups is 3. The van der Waals surface area contributed by atoms with Crippen molar-refractivity contribution in [1.82, 2.24) is 10.6 Å². The second-order valence-electron chi connectivity index (χ2n) is 9.90. The lowest BCUT2D eigenvalue weighted by molar-refractivity contribution is -0.144. The highest BCUT2D eigenvalue weighted by atomic mass is 16.5. The molecule has 5 atom stereocenters. The van der Waals surface area contributed by atoms with Gasteiger partial charge in [-0.15, -0.1) is 0 Å². The molecular weight excluding hydrogens is 448 g/mol. The molecule has 2 aromatic rings. The summed E-state index contributed by atoms with van der Waals surface area (Å²) < 4.78 is 10.9. The largest absolute Gasteiger partial charge is 0.481 e. The van der Waals surface area contributed by atoms with Crippen LogP contribution in [0, 0.1) is 11.3 Å². The van der Waals surface area contributed by atoms with Gasteiger partial charge in [-0.1, -0.05) is 48.5 Å². The van der Waals surface area contributed by atoms with Crippen molar-refractivity contribution in [1.29, 1.82) is 0 Å². The van der Waals surface area contributed by atoms with E-state index in [1.54, 1.807) is 6.92 Å². The molecule has 35 heavy (non-hydrogen) atoms. The van der Waals surface area contributed by atoms with Gasteiger partial charge >= 0.3 is 12.1 Å². The topological polar surface area (TPSA) is 114 Å². The Kier molecular flexibility index (Phi) is 6.01. The van der Waals surface area contributed by atoms with E-state index in [4.69, 9.17) is 9.47 Å². The van der Waals surface area contributed by atoms with Crippen molar-refractivity contribution < 1.29 is 29.0 Å². The average Bonchev–Trinajstić information content (AvgIpc) is 3.29. The van der Waals surface area contributed by atoms with Gasteiger partial charge in [0.05, 0.1) is 11.5 Å². The molecule has 2 fully saturated rings. The first-order valence-corrected chi connectivity index (χ1v) is 12.0. The fourth-order valence-corrected chi connectivity index (χ4v) is 5.86. The minimum atomic E-state index is -0.964. The van der Waals surface area contributed by atoms with Crippen molar-refractivity contribution in [2.45, 2.75) is 50.3 Å². The number of methoxy groups -OCH3 is 1. The Morgan fingerprint density at radius 1 is 1.06 bits per heavy atom. The van der Waals surface area contributed by atoms with E-state index in [1.165, 1.54) is 7.11 Å². The number of carbonyl (C=O) groups excluding carboxylic acids is 2. The molecule has 0 radical (unpaired) electrons. The number of ether oxygens (including phenoxy) is 2. The third-order valence-electron chi connectivity index (χ3n) is 7.92. The van der Waals surface area contributed by atoms with Crippen LogP contribution in [0.25, 0.3) is 11.1 Å². The van der Waals surface area contributed by atoms with Gasteiger partial charge in [0.1, 0.15) is 12.6 Å². The zero-order chi connectivity index (χ0) is 24.7. The zero-order valence-corrected chi connectivity index (χ0v) is 19.8. The fourth-order valence-electron chi connectivity index (χ4n) is 5.86. The van der Waals surface area contributed by atoms with Crippen LogP contribution in [0.5, 0.6) is 0 Å². The highest BCUT2D eigenvalue weighted by molar-refractivity contribution is 5.87. The first kappa shape index (κ1) is 23.4. The van der Waals surface area contributed by atoms with Crippen LogP contribution >= 0.6 is 0 Å².